The Kier molecular flexibility index (Phi) is 4.15. The molecule has 3 nitrogen and oxygen atoms in total. The number of carbonyl (C=O) groups is 1. The number of nitrogens with zero attached hydrogens (tertiary/aromatic N) is 1. The number of amides is 1. The summed E-state index contributed by atoms with van der Waals surface area (Å²) in [6.45, 7) is 2.25. The lowest BCUT2D eigenvalue weighted by Crippen LogP contribution is -2.27. The van der Waals surface area contributed by atoms with Crippen LogP contribution in [0.2, 0.25) is 0 Å². The maximum atomic E-state index is 13.3. The molecule has 0 bridgehead atoms. The Morgan fingerprint density at radius 1 is 1.20 bits per heavy atom. The summed E-state index contributed by atoms with van der Waals surface area (Å²) in [6, 6.07) is 11.6. The third-order valence-corrected chi connectivity index (χ3v) is 3.29. The maximum Gasteiger partial charge on any atom is 0.258 e. The first kappa shape index (κ1) is 14.2. The topological polar surface area (TPSA) is 46.3 Å². The SMILES string of the molecule is Cc1ccc(F)cc1C(=O)N(C)c1ccc(CN)cc1. The van der Waals surface area contributed by atoms with Gasteiger partial charge < -0.3 is 10.6 Å². The van der Waals surface area contributed by atoms with Gasteiger partial charge in [0.2, 0.25) is 0 Å². The van der Waals surface area contributed by atoms with E-state index in [9.17, 15) is 9.18 Å². The Labute approximate surface area is 117 Å². The van der Waals surface area contributed by atoms with Crippen molar-refractivity contribution < 1.29 is 9.18 Å². The number of halogens is 1. The van der Waals surface area contributed by atoms with E-state index >= 15 is 0 Å². The Bertz CT molecular complexity index is 623. The number of nitrogens with two attached hydrogens (primary N) is 1. The van der Waals surface area contributed by atoms with Crippen molar-refractivity contribution in [1.29, 1.82) is 0 Å². The number of hydrogen-bond donors (Lipinski definition) is 1. The van der Waals surface area contributed by atoms with Crippen molar-refractivity contribution in [2.45, 2.75) is 13.5 Å². The van der Waals surface area contributed by atoms with Crippen LogP contribution in [0.25, 0.3) is 0 Å². The molecular formula is C16H17FN2O. The number of aryl methyl sites for hydroxylation is 1. The fourth-order valence-corrected chi connectivity index (χ4v) is 1.98. The molecule has 2 rings (SSSR count). The molecule has 0 fully saturated rings. The van der Waals surface area contributed by atoms with Gasteiger partial charge in [0.25, 0.3) is 5.91 Å². The number of benzene rings is 2. The summed E-state index contributed by atoms with van der Waals surface area (Å²) in [5, 5.41) is 0. The molecule has 0 radical (unpaired) electrons. The monoisotopic (exact) mass is 272 g/mol. The minimum absolute atomic E-state index is 0.234. The van der Waals surface area contributed by atoms with Gasteiger partial charge in [-0.3, -0.25) is 4.79 Å². The highest BCUT2D eigenvalue weighted by molar-refractivity contribution is 6.06. The Balaban J connectivity index is 2.29. The summed E-state index contributed by atoms with van der Waals surface area (Å²) in [7, 11) is 1.67. The van der Waals surface area contributed by atoms with Crippen LogP contribution in [0, 0.1) is 12.7 Å². The smallest absolute Gasteiger partial charge is 0.258 e. The lowest BCUT2D eigenvalue weighted by Gasteiger charge is -2.19. The maximum absolute atomic E-state index is 13.3. The van der Waals surface area contributed by atoms with E-state index in [0.717, 1.165) is 16.8 Å². The molecule has 0 heterocycles. The minimum atomic E-state index is -0.411. The zero-order chi connectivity index (χ0) is 14.7. The molecule has 4 heteroatoms. The standard InChI is InChI=1S/C16H17FN2O/c1-11-3-6-13(17)9-15(11)16(20)19(2)14-7-4-12(10-18)5-8-14/h3-9H,10,18H2,1-2H3. The summed E-state index contributed by atoms with van der Waals surface area (Å²) in [6.07, 6.45) is 0. The zero-order valence-corrected chi connectivity index (χ0v) is 11.6. The van der Waals surface area contributed by atoms with Gasteiger partial charge >= 0.3 is 0 Å². The Morgan fingerprint density at radius 3 is 2.45 bits per heavy atom. The molecule has 0 unspecified atom stereocenters. The molecule has 20 heavy (non-hydrogen) atoms. The molecule has 2 N–H and O–H groups in total. The molecule has 2 aromatic carbocycles. The van der Waals surface area contributed by atoms with E-state index < -0.39 is 5.82 Å². The second kappa shape index (κ2) is 5.84. The van der Waals surface area contributed by atoms with Crippen LogP contribution in [0.4, 0.5) is 10.1 Å². The van der Waals surface area contributed by atoms with Crippen LogP contribution in [-0.4, -0.2) is 13.0 Å². The van der Waals surface area contributed by atoms with Gasteiger partial charge in [0.15, 0.2) is 0 Å². The van der Waals surface area contributed by atoms with Gasteiger partial charge in [-0.15, -0.1) is 0 Å². The summed E-state index contributed by atoms with van der Waals surface area (Å²) < 4.78 is 13.3. The molecule has 0 saturated carbocycles. The third kappa shape index (κ3) is 2.86. The van der Waals surface area contributed by atoms with E-state index in [4.69, 9.17) is 5.73 Å². The first-order valence-corrected chi connectivity index (χ1v) is 6.36. The van der Waals surface area contributed by atoms with Crippen molar-refractivity contribution >= 4 is 11.6 Å². The Hall–Kier alpha value is -2.20. The number of carbonyl (C=O) groups excluding carboxylic acids is 1. The van der Waals surface area contributed by atoms with E-state index in [0.29, 0.717) is 12.1 Å². The van der Waals surface area contributed by atoms with Gasteiger partial charge in [-0.1, -0.05) is 18.2 Å². The van der Waals surface area contributed by atoms with Gasteiger partial charge in [0.1, 0.15) is 5.82 Å². The largest absolute Gasteiger partial charge is 0.326 e. The van der Waals surface area contributed by atoms with Crippen LogP contribution in [0.3, 0.4) is 0 Å². The molecule has 104 valence electrons. The lowest BCUT2D eigenvalue weighted by atomic mass is 10.1. The van der Waals surface area contributed by atoms with E-state index in [-0.39, 0.29) is 5.91 Å². The highest BCUT2D eigenvalue weighted by Gasteiger charge is 2.16. The van der Waals surface area contributed by atoms with Crippen molar-refractivity contribution in [2.75, 3.05) is 11.9 Å². The average Bonchev–Trinajstić information content (AvgIpc) is 2.48. The van der Waals surface area contributed by atoms with Gasteiger partial charge in [-0.25, -0.2) is 4.39 Å². The molecule has 2 aromatic rings. The zero-order valence-electron chi connectivity index (χ0n) is 11.6. The van der Waals surface area contributed by atoms with Gasteiger partial charge in [0, 0.05) is 24.8 Å². The number of hydrogen-bond acceptors (Lipinski definition) is 2. The van der Waals surface area contributed by atoms with Gasteiger partial charge in [-0.2, -0.15) is 0 Å². The molecule has 0 aromatic heterocycles. The second-order valence-corrected chi connectivity index (χ2v) is 4.69. The molecule has 1 amide bonds. The predicted molar refractivity (Wildman–Crippen MR) is 78.2 cm³/mol. The first-order chi connectivity index (χ1) is 9.52. The molecule has 0 aliphatic heterocycles. The second-order valence-electron chi connectivity index (χ2n) is 4.69. The number of rotatable bonds is 3. The molecule has 0 spiro atoms. The van der Waals surface area contributed by atoms with E-state index in [1.54, 1.807) is 20.0 Å². The molecule has 0 aliphatic rings. The van der Waals surface area contributed by atoms with Crippen LogP contribution < -0.4 is 10.6 Å². The van der Waals surface area contributed by atoms with E-state index in [2.05, 4.69) is 0 Å². The highest BCUT2D eigenvalue weighted by atomic mass is 19.1. The van der Waals surface area contributed by atoms with Crippen molar-refractivity contribution in [3.05, 3.63) is 65.0 Å². The lowest BCUT2D eigenvalue weighted by molar-refractivity contribution is 0.0992. The van der Waals surface area contributed by atoms with E-state index in [1.807, 2.05) is 24.3 Å². The summed E-state index contributed by atoms with van der Waals surface area (Å²) in [4.78, 5) is 13.9. The fourth-order valence-electron chi connectivity index (χ4n) is 1.98. The van der Waals surface area contributed by atoms with Crippen molar-refractivity contribution in [3.8, 4) is 0 Å². The van der Waals surface area contributed by atoms with E-state index in [1.165, 1.54) is 17.0 Å². The van der Waals surface area contributed by atoms with Gasteiger partial charge in [-0.05, 0) is 42.3 Å². The molecule has 0 aliphatic carbocycles. The number of anilines is 1. The predicted octanol–water partition coefficient (Wildman–Crippen LogP) is 2.87. The van der Waals surface area contributed by atoms with Crippen LogP contribution in [0.5, 0.6) is 0 Å². The van der Waals surface area contributed by atoms with Crippen LogP contribution in [-0.2, 0) is 6.54 Å². The molecule has 0 atom stereocenters. The third-order valence-electron chi connectivity index (χ3n) is 3.29. The first-order valence-electron chi connectivity index (χ1n) is 6.36. The Morgan fingerprint density at radius 2 is 1.85 bits per heavy atom. The quantitative estimate of drug-likeness (QED) is 0.934. The van der Waals surface area contributed by atoms with Crippen molar-refractivity contribution in [3.63, 3.8) is 0 Å². The average molecular weight is 272 g/mol. The fraction of sp³-hybridized carbons (Fsp3) is 0.188. The summed E-state index contributed by atoms with van der Waals surface area (Å²) in [5.41, 5.74) is 8.41. The minimum Gasteiger partial charge on any atom is -0.326 e. The highest BCUT2D eigenvalue weighted by Crippen LogP contribution is 2.19. The van der Waals surface area contributed by atoms with Gasteiger partial charge in [0.05, 0.1) is 0 Å². The van der Waals surface area contributed by atoms with Crippen LogP contribution in [0.15, 0.2) is 42.5 Å². The summed E-state index contributed by atoms with van der Waals surface area (Å²) in [5.74, 6) is -0.645. The normalized spacial score (nSPS) is 10.4. The van der Waals surface area contributed by atoms with Crippen molar-refractivity contribution in [2.24, 2.45) is 5.73 Å². The van der Waals surface area contributed by atoms with Crippen LogP contribution >= 0.6 is 0 Å². The molecular weight excluding hydrogens is 255 g/mol. The molecule has 0 saturated heterocycles. The van der Waals surface area contributed by atoms with Crippen molar-refractivity contribution in [1.82, 2.24) is 0 Å². The van der Waals surface area contributed by atoms with Crippen LogP contribution in [0.1, 0.15) is 21.5 Å². The summed E-state index contributed by atoms with van der Waals surface area (Å²) >= 11 is 0.